The van der Waals surface area contributed by atoms with Gasteiger partial charge in [0.1, 0.15) is 0 Å². The van der Waals surface area contributed by atoms with Crippen molar-refractivity contribution < 1.29 is 18.0 Å². The van der Waals surface area contributed by atoms with Crippen LogP contribution in [0, 0.1) is 0 Å². The van der Waals surface area contributed by atoms with Crippen LogP contribution in [0.4, 0.5) is 13.2 Å². The van der Waals surface area contributed by atoms with E-state index in [1.54, 1.807) is 0 Å². The van der Waals surface area contributed by atoms with Gasteiger partial charge in [-0.25, -0.2) is 0 Å². The summed E-state index contributed by atoms with van der Waals surface area (Å²) in [7, 11) is 0. The highest BCUT2D eigenvalue weighted by atomic mass is 79.9. The largest absolute Gasteiger partial charge is 0.434 e. The van der Waals surface area contributed by atoms with Crippen LogP contribution in [0.25, 0.3) is 0 Å². The summed E-state index contributed by atoms with van der Waals surface area (Å²) >= 11 is 3.36. The Labute approximate surface area is 145 Å². The maximum Gasteiger partial charge on any atom is 0.434 e. The molecule has 1 N–H and O–H groups in total. The lowest BCUT2D eigenvalue weighted by Crippen LogP contribution is -2.45. The number of amides is 1. The van der Waals surface area contributed by atoms with E-state index in [1.165, 1.54) is 6.07 Å². The molecule has 0 bridgehead atoms. The number of nitrogens with one attached hydrogen (secondary N) is 1. The minimum atomic E-state index is -4.65. The van der Waals surface area contributed by atoms with Crippen LogP contribution in [0.15, 0.2) is 47.1 Å². The van der Waals surface area contributed by atoms with E-state index in [4.69, 9.17) is 0 Å². The first-order valence-electron chi connectivity index (χ1n) is 7.45. The van der Waals surface area contributed by atoms with Crippen molar-refractivity contribution in [2.45, 2.75) is 31.0 Å². The molecule has 0 radical (unpaired) electrons. The predicted molar refractivity (Wildman–Crippen MR) is 86.6 cm³/mol. The van der Waals surface area contributed by atoms with Gasteiger partial charge in [0.2, 0.25) is 0 Å². The minimum Gasteiger partial charge on any atom is -0.349 e. The molecule has 2 aromatic rings. The van der Waals surface area contributed by atoms with Crippen molar-refractivity contribution in [2.24, 2.45) is 0 Å². The van der Waals surface area contributed by atoms with Crippen molar-refractivity contribution in [2.75, 3.05) is 0 Å². The van der Waals surface area contributed by atoms with E-state index >= 15 is 0 Å². The zero-order chi connectivity index (χ0) is 17.3. The van der Waals surface area contributed by atoms with Gasteiger partial charge in [0.05, 0.1) is 5.56 Å². The Balaban J connectivity index is 1.75. The van der Waals surface area contributed by atoms with Gasteiger partial charge in [-0.15, -0.1) is 0 Å². The smallest absolute Gasteiger partial charge is 0.349 e. The van der Waals surface area contributed by atoms with E-state index in [-0.39, 0.29) is 12.0 Å². The number of halogens is 4. The highest BCUT2D eigenvalue weighted by Gasteiger charge is 2.39. The lowest BCUT2D eigenvalue weighted by Gasteiger charge is -2.37. The fraction of sp³-hybridized carbons (Fsp3) is 0.294. The first-order chi connectivity index (χ1) is 11.4. The first-order valence-corrected chi connectivity index (χ1v) is 8.24. The molecule has 3 nitrogen and oxygen atoms in total. The fourth-order valence-electron chi connectivity index (χ4n) is 2.84. The summed E-state index contributed by atoms with van der Waals surface area (Å²) in [5.74, 6) is -0.615. The molecule has 0 spiro atoms. The van der Waals surface area contributed by atoms with Gasteiger partial charge < -0.3 is 5.32 Å². The van der Waals surface area contributed by atoms with Crippen molar-refractivity contribution in [3.8, 4) is 0 Å². The molecule has 1 aliphatic carbocycles. The second-order valence-corrected chi connectivity index (χ2v) is 6.63. The number of carbonyl (C=O) groups is 1. The lowest BCUT2D eigenvalue weighted by molar-refractivity contribution is -0.141. The fourth-order valence-corrected chi connectivity index (χ4v) is 3.11. The summed E-state index contributed by atoms with van der Waals surface area (Å²) < 4.78 is 39.9. The average Bonchev–Trinajstić information content (AvgIpc) is 2.52. The Morgan fingerprint density at radius 2 is 1.88 bits per heavy atom. The van der Waals surface area contributed by atoms with E-state index in [0.717, 1.165) is 35.1 Å². The van der Waals surface area contributed by atoms with E-state index < -0.39 is 23.3 Å². The molecule has 0 aliphatic heterocycles. The van der Waals surface area contributed by atoms with Gasteiger partial charge in [0.15, 0.2) is 5.69 Å². The van der Waals surface area contributed by atoms with Crippen molar-refractivity contribution in [1.82, 2.24) is 10.3 Å². The number of alkyl halides is 3. The molecule has 1 amide bonds. The molecule has 1 fully saturated rings. The Kier molecular flexibility index (Phi) is 4.62. The van der Waals surface area contributed by atoms with Crippen molar-refractivity contribution >= 4 is 21.8 Å². The predicted octanol–water partition coefficient (Wildman–Crippen LogP) is 4.54. The van der Waals surface area contributed by atoms with Gasteiger partial charge in [-0.05, 0) is 42.7 Å². The average molecular weight is 399 g/mol. The SMILES string of the molecule is O=C(N[C@H]1CC[C@H]1c1ccc(Br)cc1)c1cccnc1C(F)(F)F. The summed E-state index contributed by atoms with van der Waals surface area (Å²) in [5, 5.41) is 2.72. The molecule has 1 aromatic carbocycles. The molecule has 0 unspecified atom stereocenters. The molecule has 3 rings (SSSR count). The summed E-state index contributed by atoms with van der Waals surface area (Å²) in [6.45, 7) is 0. The third-order valence-electron chi connectivity index (χ3n) is 4.21. The number of hydrogen-bond donors (Lipinski definition) is 1. The normalized spacial score (nSPS) is 20.3. The monoisotopic (exact) mass is 398 g/mol. The quantitative estimate of drug-likeness (QED) is 0.824. The topological polar surface area (TPSA) is 42.0 Å². The highest BCUT2D eigenvalue weighted by molar-refractivity contribution is 9.10. The number of nitrogens with zero attached hydrogens (tertiary/aromatic N) is 1. The number of hydrogen-bond acceptors (Lipinski definition) is 2. The first kappa shape index (κ1) is 17.0. The molecular weight excluding hydrogens is 385 g/mol. The van der Waals surface area contributed by atoms with E-state index in [1.807, 2.05) is 24.3 Å². The number of aromatic nitrogens is 1. The minimum absolute atomic E-state index is 0.119. The molecule has 2 atom stereocenters. The van der Waals surface area contributed by atoms with Gasteiger partial charge in [-0.3, -0.25) is 9.78 Å². The maximum atomic E-state index is 13.0. The van der Waals surface area contributed by atoms with Crippen LogP contribution in [-0.2, 0) is 6.18 Å². The van der Waals surface area contributed by atoms with Crippen LogP contribution in [0.5, 0.6) is 0 Å². The second kappa shape index (κ2) is 6.55. The van der Waals surface area contributed by atoms with Crippen molar-refractivity contribution in [1.29, 1.82) is 0 Å². The van der Waals surface area contributed by atoms with Gasteiger partial charge >= 0.3 is 6.18 Å². The van der Waals surface area contributed by atoms with Crippen LogP contribution in [0.3, 0.4) is 0 Å². The van der Waals surface area contributed by atoms with Gasteiger partial charge in [0, 0.05) is 22.6 Å². The van der Waals surface area contributed by atoms with Crippen LogP contribution in [-0.4, -0.2) is 16.9 Å². The zero-order valence-electron chi connectivity index (χ0n) is 12.5. The number of carbonyl (C=O) groups excluding carboxylic acids is 1. The summed E-state index contributed by atoms with van der Waals surface area (Å²) in [6, 6.07) is 10.1. The van der Waals surface area contributed by atoms with E-state index in [2.05, 4.69) is 26.2 Å². The third kappa shape index (κ3) is 3.45. The molecule has 1 aromatic heterocycles. The zero-order valence-corrected chi connectivity index (χ0v) is 14.1. The molecule has 0 saturated heterocycles. The molecule has 24 heavy (non-hydrogen) atoms. The molecular formula is C17H14BrF3N2O. The van der Waals surface area contributed by atoms with Gasteiger partial charge in [-0.2, -0.15) is 13.2 Å². The summed E-state index contributed by atoms with van der Waals surface area (Å²) in [5.41, 5.74) is -0.523. The van der Waals surface area contributed by atoms with Crippen molar-refractivity contribution in [3.63, 3.8) is 0 Å². The van der Waals surface area contributed by atoms with Crippen LogP contribution in [0.1, 0.15) is 40.4 Å². The Morgan fingerprint density at radius 3 is 2.46 bits per heavy atom. The number of pyridine rings is 1. The standard InChI is InChI=1S/C17H14BrF3N2O/c18-11-5-3-10(4-6-11)12-7-8-14(12)23-16(24)13-2-1-9-22-15(13)17(19,20)21/h1-6,9,12,14H,7-8H2,(H,23,24)/t12-,14-/m0/s1. The molecule has 1 aliphatic rings. The maximum absolute atomic E-state index is 13.0. The molecule has 7 heteroatoms. The molecule has 126 valence electrons. The Hall–Kier alpha value is -1.89. The summed E-state index contributed by atoms with van der Waals surface area (Å²) in [6.07, 6.45) is -1.98. The van der Waals surface area contributed by atoms with Crippen molar-refractivity contribution in [3.05, 3.63) is 63.9 Å². The number of benzene rings is 1. The Bertz CT molecular complexity index is 746. The third-order valence-corrected chi connectivity index (χ3v) is 4.74. The second-order valence-electron chi connectivity index (χ2n) is 5.71. The van der Waals surface area contributed by atoms with Gasteiger partial charge in [0.25, 0.3) is 5.91 Å². The van der Waals surface area contributed by atoms with E-state index in [9.17, 15) is 18.0 Å². The Morgan fingerprint density at radius 1 is 1.17 bits per heavy atom. The highest BCUT2D eigenvalue weighted by Crippen LogP contribution is 2.38. The van der Waals surface area contributed by atoms with Gasteiger partial charge in [-0.1, -0.05) is 28.1 Å². The van der Waals surface area contributed by atoms with E-state index in [0.29, 0.717) is 0 Å². The van der Waals surface area contributed by atoms with Crippen LogP contribution >= 0.6 is 15.9 Å². The molecule has 1 heterocycles. The molecule has 1 saturated carbocycles. The van der Waals surface area contributed by atoms with Crippen LogP contribution in [0.2, 0.25) is 0 Å². The van der Waals surface area contributed by atoms with Crippen LogP contribution < -0.4 is 5.32 Å². The lowest BCUT2D eigenvalue weighted by atomic mass is 9.75. The summed E-state index contributed by atoms with van der Waals surface area (Å²) in [4.78, 5) is 15.6. The number of rotatable bonds is 3.